The average Bonchev–Trinajstić information content (AvgIpc) is 3.63. The second kappa shape index (κ2) is 18.2. The molecule has 0 saturated heterocycles. The summed E-state index contributed by atoms with van der Waals surface area (Å²) in [4.78, 5) is 94.6. The molecular formula is C44H49N7O11. The van der Waals surface area contributed by atoms with Gasteiger partial charge >= 0.3 is 11.9 Å². The smallest absolute Gasteiger partial charge is 0.343 e. The number of aliphatic hydroxyl groups is 1. The lowest BCUT2D eigenvalue weighted by Crippen LogP contribution is -2.52. The van der Waals surface area contributed by atoms with Gasteiger partial charge in [-0.15, -0.1) is 0 Å². The fourth-order valence-electron chi connectivity index (χ4n) is 8.12. The van der Waals surface area contributed by atoms with E-state index in [1.54, 1.807) is 60.0 Å². The SMILES string of the molecule is CCc1c2c(nc3ccc(OC(=O)C4(COCNC(=O)CNC(=O)[C@H](Cc5ccccc5)NC(=O)CNC(=O)CN)CCC4)cc13)-c1cc3c(c(=O)n1C2)COC(=O)C3(O)CC. The van der Waals surface area contributed by atoms with E-state index in [2.05, 4.69) is 21.3 Å². The zero-order valence-corrected chi connectivity index (χ0v) is 34.5. The van der Waals surface area contributed by atoms with E-state index in [1.165, 1.54) is 0 Å². The van der Waals surface area contributed by atoms with Crippen molar-refractivity contribution >= 4 is 46.5 Å². The Hall–Kier alpha value is -6.50. The van der Waals surface area contributed by atoms with Gasteiger partial charge in [-0.2, -0.15) is 0 Å². The zero-order chi connectivity index (χ0) is 44.2. The lowest BCUT2D eigenvalue weighted by atomic mass is 9.69. The van der Waals surface area contributed by atoms with Crippen molar-refractivity contribution in [3.05, 3.63) is 92.8 Å². The van der Waals surface area contributed by atoms with Gasteiger partial charge in [0.25, 0.3) is 5.56 Å². The number of nitrogens with one attached hydrogen (secondary N) is 4. The molecule has 1 fully saturated rings. The number of ether oxygens (including phenoxy) is 3. The number of aromatic nitrogens is 2. The zero-order valence-electron chi connectivity index (χ0n) is 34.5. The van der Waals surface area contributed by atoms with Gasteiger partial charge in [0.2, 0.25) is 23.6 Å². The maximum absolute atomic E-state index is 13.7. The Labute approximate surface area is 355 Å². The van der Waals surface area contributed by atoms with Gasteiger partial charge in [0.05, 0.1) is 60.7 Å². The van der Waals surface area contributed by atoms with E-state index in [0.29, 0.717) is 41.9 Å². The van der Waals surface area contributed by atoms with E-state index in [0.717, 1.165) is 28.5 Å². The first kappa shape index (κ1) is 43.6. The molecule has 2 aromatic heterocycles. The number of fused-ring (bicyclic) bond motifs is 5. The Kier molecular flexibility index (Phi) is 12.8. The van der Waals surface area contributed by atoms with Crippen LogP contribution in [0.25, 0.3) is 22.3 Å². The normalized spacial score (nSPS) is 17.3. The number of amides is 4. The minimum atomic E-state index is -1.94. The van der Waals surface area contributed by atoms with Gasteiger partial charge in [-0.1, -0.05) is 50.6 Å². The molecule has 7 rings (SSSR count). The third kappa shape index (κ3) is 8.66. The number of aryl methyl sites for hydroxylation is 1. The number of pyridine rings is 2. The summed E-state index contributed by atoms with van der Waals surface area (Å²) in [5.41, 5.74) is 6.73. The number of nitrogens with two attached hydrogens (primary N) is 1. The minimum absolute atomic E-state index is 0.0199. The van der Waals surface area contributed by atoms with E-state index in [1.807, 2.05) is 13.0 Å². The van der Waals surface area contributed by atoms with Crippen molar-refractivity contribution in [2.45, 2.75) is 77.2 Å². The molecule has 2 aliphatic heterocycles. The van der Waals surface area contributed by atoms with Crippen molar-refractivity contribution in [1.29, 1.82) is 0 Å². The van der Waals surface area contributed by atoms with Gasteiger partial charge in [0.1, 0.15) is 25.1 Å². The summed E-state index contributed by atoms with van der Waals surface area (Å²) in [7, 11) is 0. The molecule has 1 unspecified atom stereocenters. The van der Waals surface area contributed by atoms with Gasteiger partial charge in [0, 0.05) is 22.9 Å². The number of cyclic esters (lactones) is 1. The summed E-state index contributed by atoms with van der Waals surface area (Å²) in [5, 5.41) is 22.0. The summed E-state index contributed by atoms with van der Waals surface area (Å²) in [6.45, 7) is 2.31. The Morgan fingerprint density at radius 2 is 1.71 bits per heavy atom. The first-order valence-electron chi connectivity index (χ1n) is 20.6. The number of nitrogens with zero attached hydrogens (tertiary/aromatic N) is 2. The highest BCUT2D eigenvalue weighted by Gasteiger charge is 2.47. The number of benzene rings is 2. The molecule has 2 atom stereocenters. The molecule has 18 heteroatoms. The van der Waals surface area contributed by atoms with Gasteiger partial charge in [-0.05, 0) is 61.1 Å². The van der Waals surface area contributed by atoms with Crippen LogP contribution >= 0.6 is 0 Å². The van der Waals surface area contributed by atoms with Crippen molar-refractivity contribution in [3.8, 4) is 17.1 Å². The molecule has 2 aromatic carbocycles. The van der Waals surface area contributed by atoms with Crippen LogP contribution in [-0.4, -0.2) is 89.2 Å². The second-order valence-corrected chi connectivity index (χ2v) is 15.7. The van der Waals surface area contributed by atoms with E-state index in [9.17, 15) is 38.7 Å². The second-order valence-electron chi connectivity index (χ2n) is 15.7. The molecule has 0 spiro atoms. The van der Waals surface area contributed by atoms with E-state index in [4.69, 9.17) is 24.9 Å². The number of rotatable bonds is 17. The monoisotopic (exact) mass is 851 g/mol. The molecular weight excluding hydrogens is 803 g/mol. The standard InChI is InChI=1S/C44H49N7O11/c1-3-27-28-16-26(11-12-32(28)50-38-29(27)21-51-34(38)17-31-30(40(51)56)22-61-42(58)44(31,59)4-2)62-41(57)43(13-8-14-43)23-60-24-48-36(53)19-47-39(55)33(15-25-9-6-5-7-10-25)49-37(54)20-46-35(52)18-45/h5-7,9-12,16-17,33,59H,3-4,8,13-15,18-24,45H2,1-2H3,(H,46,52)(H,47,55)(H,48,53)(H,49,54)/t33-,44?/m0/s1. The molecule has 4 aromatic rings. The van der Waals surface area contributed by atoms with Gasteiger partial charge in [-0.25, -0.2) is 9.78 Å². The molecule has 326 valence electrons. The molecule has 4 amide bonds. The summed E-state index contributed by atoms with van der Waals surface area (Å²) >= 11 is 0. The largest absolute Gasteiger partial charge is 0.458 e. The lowest BCUT2D eigenvalue weighted by Gasteiger charge is -2.38. The topological polar surface area (TPSA) is 259 Å². The van der Waals surface area contributed by atoms with Crippen LogP contribution in [0, 0.1) is 5.41 Å². The molecule has 1 aliphatic carbocycles. The first-order chi connectivity index (χ1) is 29.8. The molecule has 7 N–H and O–H groups in total. The Morgan fingerprint density at radius 1 is 0.952 bits per heavy atom. The number of hydrogen-bond donors (Lipinski definition) is 6. The maximum Gasteiger partial charge on any atom is 0.343 e. The quantitative estimate of drug-likeness (QED) is 0.0327. The van der Waals surface area contributed by atoms with E-state index in [-0.39, 0.29) is 69.1 Å². The Morgan fingerprint density at radius 3 is 2.40 bits per heavy atom. The van der Waals surface area contributed by atoms with Crippen LogP contribution in [0.3, 0.4) is 0 Å². The van der Waals surface area contributed by atoms with Crippen molar-refractivity contribution in [1.82, 2.24) is 30.8 Å². The number of hydrogen-bond acceptors (Lipinski definition) is 13. The van der Waals surface area contributed by atoms with Crippen molar-refractivity contribution in [2.24, 2.45) is 11.1 Å². The van der Waals surface area contributed by atoms with E-state index >= 15 is 0 Å². The summed E-state index contributed by atoms with van der Waals surface area (Å²) in [5.74, 6) is -3.27. The highest BCUT2D eigenvalue weighted by Crippen LogP contribution is 2.44. The minimum Gasteiger partial charge on any atom is -0.458 e. The van der Waals surface area contributed by atoms with E-state index < -0.39 is 59.2 Å². The van der Waals surface area contributed by atoms with Gasteiger partial charge in [-0.3, -0.25) is 28.8 Å². The average molecular weight is 852 g/mol. The molecule has 0 bridgehead atoms. The molecule has 18 nitrogen and oxygen atoms in total. The predicted molar refractivity (Wildman–Crippen MR) is 222 cm³/mol. The fourth-order valence-corrected chi connectivity index (χ4v) is 8.12. The third-order valence-corrected chi connectivity index (χ3v) is 11.8. The highest BCUT2D eigenvalue weighted by molar-refractivity contribution is 5.93. The molecule has 3 aliphatic rings. The molecule has 62 heavy (non-hydrogen) atoms. The molecule has 0 radical (unpaired) electrons. The first-order valence-corrected chi connectivity index (χ1v) is 20.6. The fraction of sp³-hybridized carbons (Fsp3) is 0.409. The van der Waals surface area contributed by atoms with Crippen molar-refractivity contribution < 1.29 is 48.1 Å². The van der Waals surface area contributed by atoms with Crippen molar-refractivity contribution in [2.75, 3.05) is 33.0 Å². The number of carbonyl (C=O) groups is 6. The third-order valence-electron chi connectivity index (χ3n) is 11.8. The number of esters is 2. The van der Waals surface area contributed by atoms with Crippen LogP contribution in [0.4, 0.5) is 0 Å². The summed E-state index contributed by atoms with van der Waals surface area (Å²) < 4.78 is 18.5. The molecule has 4 heterocycles. The summed E-state index contributed by atoms with van der Waals surface area (Å²) in [6, 6.07) is 14.8. The van der Waals surface area contributed by atoms with Crippen LogP contribution in [0.15, 0.2) is 59.4 Å². The predicted octanol–water partition coefficient (Wildman–Crippen LogP) is 0.727. The van der Waals surface area contributed by atoms with Gasteiger partial charge < -0.3 is 50.9 Å². The maximum atomic E-state index is 13.7. The van der Waals surface area contributed by atoms with Crippen LogP contribution < -0.4 is 37.3 Å². The van der Waals surface area contributed by atoms with Crippen LogP contribution in [0.2, 0.25) is 0 Å². The number of carbonyl (C=O) groups excluding carboxylic acids is 6. The molecule has 1 saturated carbocycles. The van der Waals surface area contributed by atoms with Crippen LogP contribution in [0.5, 0.6) is 5.75 Å². The Bertz CT molecular complexity index is 2500. The van der Waals surface area contributed by atoms with Crippen molar-refractivity contribution in [3.63, 3.8) is 0 Å². The summed E-state index contributed by atoms with van der Waals surface area (Å²) in [6.07, 6.45) is 2.57. The highest BCUT2D eigenvalue weighted by atomic mass is 16.6. The van der Waals surface area contributed by atoms with Crippen LogP contribution in [-0.2, 0) is 69.8 Å². The Balaban J connectivity index is 0.955. The van der Waals surface area contributed by atoms with Crippen LogP contribution in [0.1, 0.15) is 67.3 Å². The van der Waals surface area contributed by atoms with Gasteiger partial charge in [0.15, 0.2) is 5.60 Å². The lowest BCUT2D eigenvalue weighted by molar-refractivity contribution is -0.172.